The van der Waals surface area contributed by atoms with Crippen molar-refractivity contribution < 1.29 is 9.53 Å². The number of nitrogens with one attached hydrogen (secondary N) is 2. The number of hydrogen-bond donors (Lipinski definition) is 2. The van der Waals surface area contributed by atoms with Crippen molar-refractivity contribution in [3.8, 4) is 5.75 Å². The summed E-state index contributed by atoms with van der Waals surface area (Å²) >= 11 is 1.27. The molecule has 0 atom stereocenters. The number of aromatic nitrogens is 3. The molecule has 0 saturated carbocycles. The van der Waals surface area contributed by atoms with Crippen molar-refractivity contribution in [3.63, 3.8) is 0 Å². The highest BCUT2D eigenvalue weighted by atomic mass is 32.2. The Morgan fingerprint density at radius 2 is 1.92 bits per heavy atom. The van der Waals surface area contributed by atoms with Crippen molar-refractivity contribution >= 4 is 23.4 Å². The lowest BCUT2D eigenvalue weighted by Gasteiger charge is -2.04. The van der Waals surface area contributed by atoms with Gasteiger partial charge in [-0.25, -0.2) is 4.98 Å². The lowest BCUT2D eigenvalue weighted by Crippen LogP contribution is -2.13. The van der Waals surface area contributed by atoms with Gasteiger partial charge < -0.3 is 10.1 Å². The van der Waals surface area contributed by atoms with E-state index in [-0.39, 0.29) is 11.7 Å². The predicted octanol–water partition coefficient (Wildman–Crippen LogP) is 3.68. The van der Waals surface area contributed by atoms with Gasteiger partial charge in [0.25, 0.3) is 0 Å². The number of aromatic amines is 1. The van der Waals surface area contributed by atoms with Crippen LogP contribution in [0.5, 0.6) is 5.75 Å². The topological polar surface area (TPSA) is 79.9 Å². The Bertz CT molecular complexity index is 834. The fraction of sp³-hybridized carbons (Fsp3) is 0.211. The molecule has 1 aromatic heterocycles. The molecule has 0 unspecified atom stereocenters. The molecule has 7 heteroatoms. The predicted molar refractivity (Wildman–Crippen MR) is 102 cm³/mol. The smallest absolute Gasteiger partial charge is 0.234 e. The number of rotatable bonds is 8. The Morgan fingerprint density at radius 3 is 2.65 bits per heavy atom. The summed E-state index contributed by atoms with van der Waals surface area (Å²) in [5.74, 6) is 1.55. The normalized spacial score (nSPS) is 10.5. The minimum absolute atomic E-state index is 0.0974. The lowest BCUT2D eigenvalue weighted by molar-refractivity contribution is -0.113. The van der Waals surface area contributed by atoms with Crippen molar-refractivity contribution in [1.29, 1.82) is 0 Å². The van der Waals surface area contributed by atoms with E-state index in [1.807, 2.05) is 54.6 Å². The standard InChI is InChI=1S/C19H20N4O2S/c1-2-14-8-10-16(11-9-14)25-12-17-21-19(23-22-17)26-13-18(24)20-15-6-4-3-5-7-15/h3-11H,2,12-13H2,1H3,(H,20,24)(H,21,22,23). The first kappa shape index (κ1) is 18.0. The summed E-state index contributed by atoms with van der Waals surface area (Å²) in [6.45, 7) is 2.42. The van der Waals surface area contributed by atoms with Crippen molar-refractivity contribution in [3.05, 3.63) is 66.0 Å². The average Bonchev–Trinajstić information content (AvgIpc) is 3.14. The van der Waals surface area contributed by atoms with E-state index < -0.39 is 0 Å². The lowest BCUT2D eigenvalue weighted by atomic mass is 10.2. The van der Waals surface area contributed by atoms with Gasteiger partial charge in [-0.15, -0.1) is 5.10 Å². The number of nitrogens with zero attached hydrogens (tertiary/aromatic N) is 2. The van der Waals surface area contributed by atoms with Gasteiger partial charge in [-0.3, -0.25) is 9.89 Å². The van der Waals surface area contributed by atoms with Crippen molar-refractivity contribution in [2.24, 2.45) is 0 Å². The molecular weight excluding hydrogens is 348 g/mol. The Labute approximate surface area is 156 Å². The third-order valence-electron chi connectivity index (χ3n) is 3.61. The second-order valence-electron chi connectivity index (χ2n) is 5.55. The van der Waals surface area contributed by atoms with Gasteiger partial charge in [0, 0.05) is 5.69 Å². The highest BCUT2D eigenvalue weighted by Crippen LogP contribution is 2.16. The maximum absolute atomic E-state index is 11.9. The number of hydrogen-bond acceptors (Lipinski definition) is 5. The maximum atomic E-state index is 11.9. The number of benzene rings is 2. The van der Waals surface area contributed by atoms with Crippen LogP contribution in [0.2, 0.25) is 0 Å². The van der Waals surface area contributed by atoms with Gasteiger partial charge in [0.15, 0.2) is 5.82 Å². The Hall–Kier alpha value is -2.80. The number of para-hydroxylation sites is 1. The summed E-state index contributed by atoms with van der Waals surface area (Å²) in [7, 11) is 0. The molecule has 26 heavy (non-hydrogen) atoms. The van der Waals surface area contributed by atoms with Crippen LogP contribution in [0.15, 0.2) is 59.8 Å². The molecule has 6 nitrogen and oxygen atoms in total. The molecule has 0 bridgehead atoms. The Kier molecular flexibility index (Phi) is 6.27. The first-order valence-electron chi connectivity index (χ1n) is 8.33. The van der Waals surface area contributed by atoms with Crippen LogP contribution in [0.3, 0.4) is 0 Å². The van der Waals surface area contributed by atoms with Gasteiger partial charge in [0.2, 0.25) is 11.1 Å². The van der Waals surface area contributed by atoms with E-state index in [1.165, 1.54) is 17.3 Å². The fourth-order valence-electron chi connectivity index (χ4n) is 2.23. The summed E-state index contributed by atoms with van der Waals surface area (Å²) < 4.78 is 5.69. The van der Waals surface area contributed by atoms with E-state index in [0.29, 0.717) is 17.6 Å². The zero-order valence-corrected chi connectivity index (χ0v) is 15.3. The molecule has 2 aromatic carbocycles. The number of carbonyl (C=O) groups is 1. The molecule has 0 aliphatic rings. The summed E-state index contributed by atoms with van der Waals surface area (Å²) in [5, 5.41) is 10.3. The van der Waals surface area contributed by atoms with Gasteiger partial charge in [0.1, 0.15) is 12.4 Å². The summed E-state index contributed by atoms with van der Waals surface area (Å²) in [4.78, 5) is 16.3. The molecule has 0 radical (unpaired) electrons. The quantitative estimate of drug-likeness (QED) is 0.593. The third-order valence-corrected chi connectivity index (χ3v) is 4.46. The van der Waals surface area contributed by atoms with E-state index in [0.717, 1.165) is 17.9 Å². The highest BCUT2D eigenvalue weighted by molar-refractivity contribution is 7.99. The number of ether oxygens (including phenoxy) is 1. The molecule has 3 rings (SSSR count). The van der Waals surface area contributed by atoms with Crippen LogP contribution >= 0.6 is 11.8 Å². The fourth-order valence-corrected chi connectivity index (χ4v) is 2.85. The van der Waals surface area contributed by atoms with E-state index in [1.54, 1.807) is 0 Å². The first-order chi connectivity index (χ1) is 12.7. The molecule has 2 N–H and O–H groups in total. The minimum Gasteiger partial charge on any atom is -0.486 e. The molecule has 3 aromatic rings. The largest absolute Gasteiger partial charge is 0.486 e. The van der Waals surface area contributed by atoms with Gasteiger partial charge in [-0.1, -0.05) is 49.0 Å². The zero-order chi connectivity index (χ0) is 18.2. The van der Waals surface area contributed by atoms with E-state index in [9.17, 15) is 4.79 Å². The van der Waals surface area contributed by atoms with E-state index in [4.69, 9.17) is 4.74 Å². The van der Waals surface area contributed by atoms with Crippen molar-refractivity contribution in [2.75, 3.05) is 11.1 Å². The number of H-pyrrole nitrogens is 1. The van der Waals surface area contributed by atoms with E-state index >= 15 is 0 Å². The minimum atomic E-state index is -0.0974. The number of anilines is 1. The van der Waals surface area contributed by atoms with Gasteiger partial charge in [0.05, 0.1) is 5.75 Å². The van der Waals surface area contributed by atoms with Crippen LogP contribution in [0, 0.1) is 0 Å². The van der Waals surface area contributed by atoms with Crippen molar-refractivity contribution in [2.45, 2.75) is 25.1 Å². The molecule has 1 amide bonds. The Morgan fingerprint density at radius 1 is 1.15 bits per heavy atom. The van der Waals surface area contributed by atoms with Crippen LogP contribution in [0.4, 0.5) is 5.69 Å². The number of thioether (sulfide) groups is 1. The number of amides is 1. The Balaban J connectivity index is 1.44. The monoisotopic (exact) mass is 368 g/mol. The van der Waals surface area contributed by atoms with Gasteiger partial charge in [-0.2, -0.15) is 0 Å². The van der Waals surface area contributed by atoms with Crippen LogP contribution in [0.25, 0.3) is 0 Å². The van der Waals surface area contributed by atoms with Gasteiger partial charge >= 0.3 is 0 Å². The average molecular weight is 368 g/mol. The molecule has 0 spiro atoms. The molecule has 0 saturated heterocycles. The van der Waals surface area contributed by atoms with Crippen molar-refractivity contribution in [1.82, 2.24) is 15.2 Å². The SMILES string of the molecule is CCc1ccc(OCc2nc(SCC(=O)Nc3ccccc3)n[nH]2)cc1. The zero-order valence-electron chi connectivity index (χ0n) is 14.4. The molecule has 0 aliphatic heterocycles. The summed E-state index contributed by atoms with van der Waals surface area (Å²) in [6.07, 6.45) is 1.00. The molecule has 1 heterocycles. The van der Waals surface area contributed by atoms with Crippen LogP contribution in [-0.2, 0) is 17.8 Å². The van der Waals surface area contributed by atoms with Crippen LogP contribution < -0.4 is 10.1 Å². The summed E-state index contributed by atoms with van der Waals surface area (Å²) in [6, 6.07) is 17.3. The second-order valence-corrected chi connectivity index (χ2v) is 6.50. The molecule has 0 aliphatic carbocycles. The van der Waals surface area contributed by atoms with Crippen LogP contribution in [-0.4, -0.2) is 26.8 Å². The number of carbonyl (C=O) groups excluding carboxylic acids is 1. The third kappa shape index (κ3) is 5.35. The van der Waals surface area contributed by atoms with Crippen LogP contribution in [0.1, 0.15) is 18.3 Å². The number of aryl methyl sites for hydroxylation is 1. The maximum Gasteiger partial charge on any atom is 0.234 e. The van der Waals surface area contributed by atoms with E-state index in [2.05, 4.69) is 27.4 Å². The molecule has 134 valence electrons. The highest BCUT2D eigenvalue weighted by Gasteiger charge is 2.08. The summed E-state index contributed by atoms with van der Waals surface area (Å²) in [5.41, 5.74) is 2.04. The van der Waals surface area contributed by atoms with Gasteiger partial charge in [-0.05, 0) is 36.2 Å². The first-order valence-corrected chi connectivity index (χ1v) is 9.32. The molecular formula is C19H20N4O2S. The second kappa shape index (κ2) is 9.05. The molecule has 0 fully saturated rings.